The van der Waals surface area contributed by atoms with Crippen LogP contribution >= 0.6 is 11.6 Å². The predicted molar refractivity (Wildman–Crippen MR) is 84.3 cm³/mol. The summed E-state index contributed by atoms with van der Waals surface area (Å²) in [4.78, 5) is 20.8. The molecule has 21 heavy (non-hydrogen) atoms. The van der Waals surface area contributed by atoms with Crippen LogP contribution in [0.2, 0.25) is 5.15 Å². The predicted octanol–water partition coefficient (Wildman–Crippen LogP) is 1.58. The van der Waals surface area contributed by atoms with Gasteiger partial charge in [0.05, 0.1) is 0 Å². The number of halogens is 1. The van der Waals surface area contributed by atoms with Crippen LogP contribution in [0.25, 0.3) is 0 Å². The van der Waals surface area contributed by atoms with E-state index in [-0.39, 0.29) is 11.1 Å². The fourth-order valence-electron chi connectivity index (χ4n) is 2.84. The second kappa shape index (κ2) is 7.06. The number of amides is 1. The van der Waals surface area contributed by atoms with Gasteiger partial charge in [0.2, 0.25) is 0 Å². The number of carbonyl (C=O) groups is 1. The fourth-order valence-corrected chi connectivity index (χ4v) is 3.05. The van der Waals surface area contributed by atoms with Crippen LogP contribution in [-0.2, 0) is 0 Å². The molecule has 1 fully saturated rings. The lowest BCUT2D eigenvalue weighted by Gasteiger charge is -2.26. The molecule has 116 valence electrons. The number of rotatable bonds is 5. The Labute approximate surface area is 130 Å². The zero-order valence-corrected chi connectivity index (χ0v) is 13.2. The van der Waals surface area contributed by atoms with E-state index >= 15 is 0 Å². The summed E-state index contributed by atoms with van der Waals surface area (Å²) in [5, 5.41) is 0.258. The lowest BCUT2D eigenvalue weighted by atomic mass is 10.2. The van der Waals surface area contributed by atoms with Crippen LogP contribution in [-0.4, -0.2) is 52.9 Å². The molecule has 2 rings (SSSR count). The van der Waals surface area contributed by atoms with Gasteiger partial charge in [-0.15, -0.1) is 0 Å². The van der Waals surface area contributed by atoms with Gasteiger partial charge in [0, 0.05) is 24.7 Å². The van der Waals surface area contributed by atoms with Crippen molar-refractivity contribution in [3.05, 3.63) is 22.8 Å². The highest BCUT2D eigenvalue weighted by Gasteiger charge is 2.29. The SMILES string of the molecule is CCN(CC)C1CCN(C(=O)c2cc(Cl)nc(NN)c2)C1. The van der Waals surface area contributed by atoms with Crippen molar-refractivity contribution in [3.8, 4) is 0 Å². The minimum Gasteiger partial charge on any atom is -0.337 e. The molecule has 1 saturated heterocycles. The normalized spacial score (nSPS) is 18.3. The molecule has 0 bridgehead atoms. The average molecular weight is 312 g/mol. The summed E-state index contributed by atoms with van der Waals surface area (Å²) in [5.74, 6) is 5.71. The Morgan fingerprint density at radius 1 is 1.52 bits per heavy atom. The van der Waals surface area contributed by atoms with Crippen molar-refractivity contribution in [2.75, 3.05) is 31.6 Å². The van der Waals surface area contributed by atoms with Crippen molar-refractivity contribution in [3.63, 3.8) is 0 Å². The third-order valence-electron chi connectivity index (χ3n) is 3.97. The maximum absolute atomic E-state index is 12.6. The van der Waals surface area contributed by atoms with Crippen molar-refractivity contribution >= 4 is 23.3 Å². The number of hydrogen-bond donors (Lipinski definition) is 2. The van der Waals surface area contributed by atoms with E-state index in [1.165, 1.54) is 0 Å². The molecule has 1 aromatic rings. The van der Waals surface area contributed by atoms with Crippen molar-refractivity contribution in [2.24, 2.45) is 5.84 Å². The number of nitrogens with zero attached hydrogens (tertiary/aromatic N) is 3. The van der Waals surface area contributed by atoms with E-state index in [1.54, 1.807) is 12.1 Å². The number of nitrogens with two attached hydrogens (primary N) is 1. The first-order valence-electron chi connectivity index (χ1n) is 7.26. The van der Waals surface area contributed by atoms with E-state index < -0.39 is 0 Å². The highest BCUT2D eigenvalue weighted by Crippen LogP contribution is 2.20. The first kappa shape index (κ1) is 16.0. The molecule has 0 aliphatic carbocycles. The second-order valence-corrected chi connectivity index (χ2v) is 5.51. The molecular weight excluding hydrogens is 290 g/mol. The molecule has 3 N–H and O–H groups in total. The van der Waals surface area contributed by atoms with E-state index in [4.69, 9.17) is 17.4 Å². The van der Waals surface area contributed by atoms with Crippen molar-refractivity contribution in [2.45, 2.75) is 26.3 Å². The molecular formula is C14H22ClN5O. The number of hydrazine groups is 1. The Hall–Kier alpha value is -1.37. The Bertz CT molecular complexity index is 506. The highest BCUT2D eigenvalue weighted by atomic mass is 35.5. The van der Waals surface area contributed by atoms with Gasteiger partial charge in [-0.05, 0) is 31.6 Å². The van der Waals surface area contributed by atoms with Crippen molar-refractivity contribution < 1.29 is 4.79 Å². The summed E-state index contributed by atoms with van der Waals surface area (Å²) in [5.41, 5.74) is 2.94. The fraction of sp³-hybridized carbons (Fsp3) is 0.571. The van der Waals surface area contributed by atoms with E-state index in [2.05, 4.69) is 29.2 Å². The number of nitrogens with one attached hydrogen (secondary N) is 1. The minimum absolute atomic E-state index is 0.0227. The van der Waals surface area contributed by atoms with Gasteiger partial charge in [-0.1, -0.05) is 25.4 Å². The van der Waals surface area contributed by atoms with Crippen LogP contribution < -0.4 is 11.3 Å². The van der Waals surface area contributed by atoms with Gasteiger partial charge in [-0.3, -0.25) is 9.69 Å². The van der Waals surface area contributed by atoms with Crippen molar-refractivity contribution in [1.82, 2.24) is 14.8 Å². The van der Waals surface area contributed by atoms with Crippen LogP contribution in [0.5, 0.6) is 0 Å². The topological polar surface area (TPSA) is 74.5 Å². The lowest BCUT2D eigenvalue weighted by molar-refractivity contribution is 0.0778. The second-order valence-electron chi connectivity index (χ2n) is 5.12. The highest BCUT2D eigenvalue weighted by molar-refractivity contribution is 6.29. The van der Waals surface area contributed by atoms with Gasteiger partial charge in [-0.25, -0.2) is 10.8 Å². The molecule has 0 radical (unpaired) electrons. The molecule has 1 aliphatic heterocycles. The molecule has 2 heterocycles. The summed E-state index contributed by atoms with van der Waals surface area (Å²) in [7, 11) is 0. The van der Waals surface area contributed by atoms with Crippen LogP contribution in [0.3, 0.4) is 0 Å². The third-order valence-corrected chi connectivity index (χ3v) is 4.16. The monoisotopic (exact) mass is 311 g/mol. The van der Waals surface area contributed by atoms with Crippen LogP contribution in [0.4, 0.5) is 5.82 Å². The Morgan fingerprint density at radius 2 is 2.24 bits per heavy atom. The summed E-state index contributed by atoms with van der Waals surface area (Å²) in [6, 6.07) is 3.64. The van der Waals surface area contributed by atoms with Gasteiger partial charge in [-0.2, -0.15) is 0 Å². The van der Waals surface area contributed by atoms with E-state index in [0.29, 0.717) is 17.4 Å². The van der Waals surface area contributed by atoms with E-state index in [0.717, 1.165) is 32.6 Å². The average Bonchev–Trinajstić information content (AvgIpc) is 2.96. The molecule has 7 heteroatoms. The first-order chi connectivity index (χ1) is 10.1. The Balaban J connectivity index is 2.09. The number of aromatic nitrogens is 1. The maximum Gasteiger partial charge on any atom is 0.254 e. The number of pyridine rings is 1. The molecule has 6 nitrogen and oxygen atoms in total. The smallest absolute Gasteiger partial charge is 0.254 e. The van der Waals surface area contributed by atoms with Gasteiger partial charge in [0.1, 0.15) is 11.0 Å². The van der Waals surface area contributed by atoms with E-state index in [9.17, 15) is 4.79 Å². The van der Waals surface area contributed by atoms with Crippen LogP contribution in [0.1, 0.15) is 30.6 Å². The summed E-state index contributed by atoms with van der Waals surface area (Å²) >= 11 is 5.92. The van der Waals surface area contributed by atoms with Gasteiger partial charge in [0.15, 0.2) is 0 Å². The van der Waals surface area contributed by atoms with Crippen molar-refractivity contribution in [1.29, 1.82) is 0 Å². The number of carbonyl (C=O) groups excluding carboxylic acids is 1. The molecule has 1 unspecified atom stereocenters. The molecule has 1 atom stereocenters. The number of hydrogen-bond acceptors (Lipinski definition) is 5. The summed E-state index contributed by atoms with van der Waals surface area (Å²) in [6.07, 6.45) is 1.01. The standard InChI is InChI=1S/C14H22ClN5O/c1-3-19(4-2)11-5-6-20(9-11)14(21)10-7-12(15)17-13(8-10)18-16/h7-8,11H,3-6,9,16H2,1-2H3,(H,17,18). The zero-order valence-electron chi connectivity index (χ0n) is 12.5. The molecule has 0 saturated carbocycles. The van der Waals surface area contributed by atoms with E-state index in [1.807, 2.05) is 4.90 Å². The largest absolute Gasteiger partial charge is 0.337 e. The lowest BCUT2D eigenvalue weighted by Crippen LogP contribution is -2.38. The minimum atomic E-state index is -0.0227. The molecule has 1 aliphatic rings. The van der Waals surface area contributed by atoms with Gasteiger partial charge >= 0.3 is 0 Å². The van der Waals surface area contributed by atoms with Gasteiger partial charge in [0.25, 0.3) is 5.91 Å². The quantitative estimate of drug-likeness (QED) is 0.490. The molecule has 0 spiro atoms. The summed E-state index contributed by atoms with van der Waals surface area (Å²) in [6.45, 7) is 7.83. The Morgan fingerprint density at radius 3 is 2.86 bits per heavy atom. The molecule has 1 amide bonds. The number of anilines is 1. The molecule has 1 aromatic heterocycles. The first-order valence-corrected chi connectivity index (χ1v) is 7.64. The maximum atomic E-state index is 12.6. The summed E-state index contributed by atoms with van der Waals surface area (Å²) < 4.78 is 0. The Kier molecular flexibility index (Phi) is 5.39. The number of nitrogen functional groups attached to an aromatic ring is 1. The molecule has 0 aromatic carbocycles. The number of likely N-dealkylation sites (N-methyl/N-ethyl adjacent to an activating group) is 1. The van der Waals surface area contributed by atoms with Crippen LogP contribution in [0.15, 0.2) is 12.1 Å². The van der Waals surface area contributed by atoms with Gasteiger partial charge < -0.3 is 10.3 Å². The zero-order chi connectivity index (χ0) is 15.4. The third kappa shape index (κ3) is 3.64. The number of likely N-dealkylation sites (tertiary alicyclic amines) is 1. The van der Waals surface area contributed by atoms with Crippen LogP contribution in [0, 0.1) is 0 Å².